The predicted molar refractivity (Wildman–Crippen MR) is 149 cm³/mol. The Hall–Kier alpha value is -3.23. The molecule has 0 fully saturated rings. The Morgan fingerprint density at radius 3 is 2.17 bits per heavy atom. The molecule has 36 heavy (non-hydrogen) atoms. The summed E-state index contributed by atoms with van der Waals surface area (Å²) in [5, 5.41) is -0.797. The fourth-order valence-corrected chi connectivity index (χ4v) is 4.72. The molecule has 15 heteroatoms. The van der Waals surface area contributed by atoms with Crippen LogP contribution in [-0.2, 0) is 5.34 Å². The normalized spacial score (nSPS) is 14.1. The Morgan fingerprint density at radius 2 is 1.58 bits per heavy atom. The largest absolute Gasteiger partial charge is 0.573 e. The van der Waals surface area contributed by atoms with Crippen molar-refractivity contribution in [1.29, 1.82) is 0 Å². The number of halogens is 3. The minimum atomic E-state index is -4.79. The number of aromatic nitrogens is 2. The van der Waals surface area contributed by atoms with E-state index in [1.54, 1.807) is 66.9 Å². The number of amides is 1. The lowest BCUT2D eigenvalue weighted by molar-refractivity contribution is -0.273. The maximum Gasteiger partial charge on any atom is 0.573 e. The van der Waals surface area contributed by atoms with Gasteiger partial charge in [-0.05, 0) is 29.3 Å². The van der Waals surface area contributed by atoms with E-state index in [4.69, 9.17) is 4.74 Å². The van der Waals surface area contributed by atoms with Crippen molar-refractivity contribution in [2.45, 2.75) is 11.7 Å². The van der Waals surface area contributed by atoms with Crippen molar-refractivity contribution in [2.24, 2.45) is 0 Å². The molecule has 2 heterocycles. The molecule has 0 aliphatic carbocycles. The second-order valence-corrected chi connectivity index (χ2v) is 9.40. The molecular formula is C21H22B6F3N3O3. The summed E-state index contributed by atoms with van der Waals surface area (Å²) in [7, 11) is 10.5. The zero-order chi connectivity index (χ0) is 26.4. The molecule has 178 valence electrons. The average molecular weight is 486 g/mol. The van der Waals surface area contributed by atoms with Crippen molar-refractivity contribution in [3.8, 4) is 22.6 Å². The molecule has 0 spiro atoms. The van der Waals surface area contributed by atoms with E-state index in [1.807, 2.05) is 21.8 Å². The molecule has 0 atom stereocenters. The van der Waals surface area contributed by atoms with E-state index >= 15 is 0 Å². The van der Waals surface area contributed by atoms with Crippen molar-refractivity contribution in [1.82, 2.24) is 14.9 Å². The maximum absolute atomic E-state index is 13.8. The molecule has 1 aliphatic rings. The number of benzene rings is 2. The predicted octanol–water partition coefficient (Wildman–Crippen LogP) is -5.01. The fourth-order valence-electron chi connectivity index (χ4n) is 4.72. The maximum atomic E-state index is 13.8. The van der Waals surface area contributed by atoms with Gasteiger partial charge in [0.1, 0.15) is 71.0 Å². The summed E-state index contributed by atoms with van der Waals surface area (Å²) >= 11 is 0. The first kappa shape index (κ1) is 25.9. The number of nitrogens with zero attached hydrogens (tertiary/aromatic N) is 3. The number of alkyl halides is 3. The molecule has 1 aromatic heterocycles. The van der Waals surface area contributed by atoms with E-state index in [0.717, 1.165) is 5.56 Å². The Bertz CT molecular complexity index is 1310. The Balaban J connectivity index is 1.81. The zero-order valence-electron chi connectivity index (χ0n) is 21.1. The van der Waals surface area contributed by atoms with Crippen molar-refractivity contribution in [3.05, 3.63) is 48.0 Å². The summed E-state index contributed by atoms with van der Waals surface area (Å²) < 4.78 is 49.3. The number of fused-ring (bicyclic) bond motifs is 1. The van der Waals surface area contributed by atoms with Crippen molar-refractivity contribution < 1.29 is 27.4 Å². The smallest absolute Gasteiger partial charge is 0.491 e. The van der Waals surface area contributed by atoms with Gasteiger partial charge < -0.3 is 14.4 Å². The highest BCUT2D eigenvalue weighted by molar-refractivity contribution is 6.61. The molecule has 4 rings (SSSR count). The molecule has 0 unspecified atom stereocenters. The number of carbonyl (C=O) groups excluding carboxylic acids is 1. The van der Waals surface area contributed by atoms with Crippen LogP contribution < -0.4 is 31.3 Å². The standard InChI is InChI=1S/C21H22B6F3N3O3/c22-13-12(14(23)16(25)17(15(13)24)36-21(28,29)30)9-2-3-11-10(8-9)18(34)33(6-7-35-11)20(26,27)19-31-4-1-5-32-19/h1-5,8H,6-7,22-27H2. The Kier molecular flexibility index (Phi) is 6.70. The van der Waals surface area contributed by atoms with Crippen LogP contribution in [0.15, 0.2) is 36.7 Å². The minimum Gasteiger partial charge on any atom is -0.491 e. The second-order valence-electron chi connectivity index (χ2n) is 9.40. The van der Waals surface area contributed by atoms with Crippen LogP contribution in [0.5, 0.6) is 11.5 Å². The van der Waals surface area contributed by atoms with Crippen LogP contribution in [0, 0.1) is 0 Å². The topological polar surface area (TPSA) is 64.6 Å². The highest BCUT2D eigenvalue weighted by Gasteiger charge is 2.38. The number of rotatable bonds is 4. The third-order valence-corrected chi connectivity index (χ3v) is 6.88. The lowest BCUT2D eigenvalue weighted by Crippen LogP contribution is -2.52. The summed E-state index contributed by atoms with van der Waals surface area (Å²) in [5.41, 5.74) is 3.93. The summed E-state index contributed by atoms with van der Waals surface area (Å²) in [5.74, 6) is 0.543. The molecule has 0 saturated carbocycles. The van der Waals surface area contributed by atoms with Gasteiger partial charge >= 0.3 is 6.36 Å². The third-order valence-electron chi connectivity index (χ3n) is 6.88. The summed E-state index contributed by atoms with van der Waals surface area (Å²) in [6, 6.07) is 7.03. The van der Waals surface area contributed by atoms with E-state index in [9.17, 15) is 18.0 Å². The number of hydrogen-bond donors (Lipinski definition) is 0. The fraction of sp³-hybridized carbons (Fsp3) is 0.190. The van der Waals surface area contributed by atoms with Gasteiger partial charge in [0.25, 0.3) is 5.91 Å². The molecule has 6 nitrogen and oxygen atoms in total. The first-order valence-electron chi connectivity index (χ1n) is 11.6. The van der Waals surface area contributed by atoms with Gasteiger partial charge in [-0.15, -0.1) is 13.2 Å². The molecule has 0 saturated heterocycles. The molecule has 2 aromatic carbocycles. The number of carbonyl (C=O) groups is 1. The van der Waals surface area contributed by atoms with Gasteiger partial charge in [-0.2, -0.15) is 0 Å². The molecule has 0 N–H and O–H groups in total. The van der Waals surface area contributed by atoms with Gasteiger partial charge in [0.15, 0.2) is 0 Å². The van der Waals surface area contributed by atoms with Crippen molar-refractivity contribution in [2.75, 3.05) is 13.2 Å². The molecule has 1 amide bonds. The van der Waals surface area contributed by atoms with Gasteiger partial charge in [0.2, 0.25) is 0 Å². The van der Waals surface area contributed by atoms with E-state index in [2.05, 4.69) is 14.7 Å². The van der Waals surface area contributed by atoms with Crippen LogP contribution in [-0.4, -0.2) is 87.4 Å². The molecule has 3 aromatic rings. The molecule has 0 bridgehead atoms. The second kappa shape index (κ2) is 9.33. The van der Waals surface area contributed by atoms with Crippen LogP contribution in [0.25, 0.3) is 11.1 Å². The number of ether oxygens (including phenoxy) is 2. The van der Waals surface area contributed by atoms with Gasteiger partial charge in [-0.1, -0.05) is 27.9 Å². The number of hydrogen-bond acceptors (Lipinski definition) is 5. The summed E-state index contributed by atoms with van der Waals surface area (Å²) in [4.78, 5) is 24.2. The Morgan fingerprint density at radius 1 is 0.972 bits per heavy atom. The molecular weight excluding hydrogens is 464 g/mol. The molecule has 1 aliphatic heterocycles. The highest BCUT2D eigenvalue weighted by atomic mass is 19.4. The molecule has 0 radical (unpaired) electrons. The van der Waals surface area contributed by atoms with Crippen LogP contribution >= 0.6 is 0 Å². The summed E-state index contributed by atoms with van der Waals surface area (Å²) in [6.45, 7) is 0.641. The zero-order valence-corrected chi connectivity index (χ0v) is 21.1. The average Bonchev–Trinajstić information content (AvgIpc) is 3.00. The van der Waals surface area contributed by atoms with Gasteiger partial charge in [0, 0.05) is 17.7 Å². The van der Waals surface area contributed by atoms with Crippen LogP contribution in [0.2, 0.25) is 0 Å². The van der Waals surface area contributed by atoms with E-state index in [-0.39, 0.29) is 11.7 Å². The van der Waals surface area contributed by atoms with E-state index in [0.29, 0.717) is 57.7 Å². The van der Waals surface area contributed by atoms with Gasteiger partial charge in [0.05, 0.1) is 12.1 Å². The highest BCUT2D eigenvalue weighted by Crippen LogP contribution is 2.31. The quantitative estimate of drug-likeness (QED) is 0.346. The van der Waals surface area contributed by atoms with E-state index < -0.39 is 11.7 Å². The lowest BCUT2D eigenvalue weighted by Gasteiger charge is -2.36. The van der Waals surface area contributed by atoms with Crippen LogP contribution in [0.1, 0.15) is 16.2 Å². The first-order valence-corrected chi connectivity index (χ1v) is 11.6. The lowest BCUT2D eigenvalue weighted by atomic mass is 9.59. The summed E-state index contributed by atoms with van der Waals surface area (Å²) in [6.07, 6.45) is -1.52. The SMILES string of the molecule is Bc1c(B)c(-c2ccc3c(c2)C(=O)N(C(B)(B)c2ncccn2)CCO3)c(B)c(B)c1OC(F)(F)F. The third kappa shape index (κ3) is 4.63. The van der Waals surface area contributed by atoms with Crippen LogP contribution in [0.4, 0.5) is 13.2 Å². The van der Waals surface area contributed by atoms with E-state index in [1.165, 1.54) is 0 Å². The van der Waals surface area contributed by atoms with Gasteiger partial charge in [-0.25, -0.2) is 9.97 Å². The Labute approximate surface area is 212 Å². The van der Waals surface area contributed by atoms with Crippen molar-refractivity contribution in [3.63, 3.8) is 0 Å². The minimum absolute atomic E-state index is 0.189. The first-order chi connectivity index (χ1) is 16.8. The van der Waals surface area contributed by atoms with Crippen molar-refractivity contribution >= 4 is 74.8 Å². The van der Waals surface area contributed by atoms with Crippen LogP contribution in [0.3, 0.4) is 0 Å². The van der Waals surface area contributed by atoms with Gasteiger partial charge in [-0.3, -0.25) is 4.79 Å². The monoisotopic (exact) mass is 487 g/mol.